The minimum absolute atomic E-state index is 0.191. The summed E-state index contributed by atoms with van der Waals surface area (Å²) in [4.78, 5) is 0.893. The monoisotopic (exact) mass is 330 g/mol. The Morgan fingerprint density at radius 3 is 2.60 bits per heavy atom. The molecule has 0 fully saturated rings. The Balaban J connectivity index is 2.49. The molecule has 0 spiro atoms. The number of hydrogen-bond acceptors (Lipinski definition) is 4. The Kier molecular flexibility index (Phi) is 4.39. The van der Waals surface area contributed by atoms with Gasteiger partial charge in [0.1, 0.15) is 4.90 Å². The summed E-state index contributed by atoms with van der Waals surface area (Å²) in [6.45, 7) is 3.74. The van der Waals surface area contributed by atoms with Gasteiger partial charge in [-0.1, -0.05) is 23.7 Å². The van der Waals surface area contributed by atoms with Crippen molar-refractivity contribution < 1.29 is 8.42 Å². The predicted octanol–water partition coefficient (Wildman–Crippen LogP) is 3.28. The van der Waals surface area contributed by atoms with Crippen LogP contribution in [0.4, 0.5) is 5.69 Å². The normalized spacial score (nSPS) is 11.6. The lowest BCUT2D eigenvalue weighted by Gasteiger charge is -2.13. The van der Waals surface area contributed by atoms with Crippen molar-refractivity contribution in [3.63, 3.8) is 0 Å². The summed E-state index contributed by atoms with van der Waals surface area (Å²) < 4.78 is 27.7. The number of rotatable bonds is 4. The molecule has 3 N–H and O–H groups in total. The zero-order valence-corrected chi connectivity index (χ0v) is 13.5. The molecule has 0 aliphatic carbocycles. The fraction of sp³-hybridized carbons (Fsp3) is 0.231. The second kappa shape index (κ2) is 5.73. The Bertz CT molecular complexity index is 719. The second-order valence-electron chi connectivity index (χ2n) is 4.41. The highest BCUT2D eigenvalue weighted by Gasteiger charge is 2.23. The Morgan fingerprint density at radius 1 is 1.30 bits per heavy atom. The SMILES string of the molecule is Cc1cccc(Cl)c1NS(=O)(=O)c1c(C)csc1CN. The number of nitrogens with one attached hydrogen (secondary N) is 1. The average molecular weight is 331 g/mol. The molecule has 0 bridgehead atoms. The van der Waals surface area contributed by atoms with Gasteiger partial charge in [0, 0.05) is 11.4 Å². The summed E-state index contributed by atoms with van der Waals surface area (Å²) in [6.07, 6.45) is 0. The van der Waals surface area contributed by atoms with Gasteiger partial charge in [-0.05, 0) is 36.4 Å². The van der Waals surface area contributed by atoms with Crippen LogP contribution in [0.25, 0.3) is 0 Å². The zero-order chi connectivity index (χ0) is 14.9. The van der Waals surface area contributed by atoms with E-state index in [9.17, 15) is 8.42 Å². The molecule has 2 rings (SSSR count). The molecule has 0 unspecified atom stereocenters. The van der Waals surface area contributed by atoms with Gasteiger partial charge in [-0.25, -0.2) is 8.42 Å². The summed E-state index contributed by atoms with van der Waals surface area (Å²) in [6, 6.07) is 5.22. The number of aryl methyl sites for hydroxylation is 2. The summed E-state index contributed by atoms with van der Waals surface area (Å²) >= 11 is 7.41. The van der Waals surface area contributed by atoms with E-state index < -0.39 is 10.0 Å². The van der Waals surface area contributed by atoms with Gasteiger partial charge in [0.2, 0.25) is 0 Å². The number of thiophene rings is 1. The quantitative estimate of drug-likeness (QED) is 0.903. The third kappa shape index (κ3) is 2.83. The second-order valence-corrected chi connectivity index (χ2v) is 7.40. The molecule has 2 aromatic rings. The fourth-order valence-electron chi connectivity index (χ4n) is 1.94. The molecule has 1 aromatic carbocycles. The van der Waals surface area contributed by atoms with E-state index in [0.717, 1.165) is 5.56 Å². The van der Waals surface area contributed by atoms with E-state index in [1.165, 1.54) is 11.3 Å². The Labute approximate surface area is 127 Å². The number of anilines is 1. The van der Waals surface area contributed by atoms with Crippen molar-refractivity contribution in [3.8, 4) is 0 Å². The molecule has 0 saturated heterocycles. The van der Waals surface area contributed by atoms with E-state index in [1.807, 2.05) is 0 Å². The van der Waals surface area contributed by atoms with Crippen LogP contribution in [-0.4, -0.2) is 8.42 Å². The number of benzene rings is 1. The van der Waals surface area contributed by atoms with Crippen LogP contribution in [-0.2, 0) is 16.6 Å². The molecule has 7 heteroatoms. The minimum Gasteiger partial charge on any atom is -0.326 e. The first-order valence-corrected chi connectivity index (χ1v) is 8.66. The van der Waals surface area contributed by atoms with Crippen molar-refractivity contribution in [3.05, 3.63) is 44.6 Å². The van der Waals surface area contributed by atoms with Crippen molar-refractivity contribution >= 4 is 38.6 Å². The maximum atomic E-state index is 12.5. The molecule has 108 valence electrons. The molecule has 0 saturated carbocycles. The number of sulfonamides is 1. The summed E-state index contributed by atoms with van der Waals surface area (Å²) in [5.41, 5.74) is 7.47. The van der Waals surface area contributed by atoms with E-state index in [4.69, 9.17) is 17.3 Å². The highest BCUT2D eigenvalue weighted by molar-refractivity contribution is 7.93. The van der Waals surface area contributed by atoms with E-state index in [2.05, 4.69) is 4.72 Å². The number of para-hydroxylation sites is 1. The minimum atomic E-state index is -3.69. The largest absolute Gasteiger partial charge is 0.326 e. The van der Waals surface area contributed by atoms with Crippen molar-refractivity contribution in [1.82, 2.24) is 0 Å². The van der Waals surface area contributed by atoms with Crippen molar-refractivity contribution in [1.29, 1.82) is 0 Å². The molecule has 20 heavy (non-hydrogen) atoms. The van der Waals surface area contributed by atoms with Crippen molar-refractivity contribution in [2.75, 3.05) is 4.72 Å². The molecule has 0 radical (unpaired) electrons. The van der Waals surface area contributed by atoms with Crippen LogP contribution in [0.2, 0.25) is 5.02 Å². The molecule has 0 amide bonds. The van der Waals surface area contributed by atoms with Crippen LogP contribution < -0.4 is 10.5 Å². The van der Waals surface area contributed by atoms with E-state index in [0.29, 0.717) is 21.2 Å². The molecule has 0 atom stereocenters. The molecule has 0 aliphatic heterocycles. The highest BCUT2D eigenvalue weighted by atomic mass is 35.5. The number of halogens is 1. The average Bonchev–Trinajstić information content (AvgIpc) is 2.76. The predicted molar refractivity (Wildman–Crippen MR) is 83.9 cm³/mol. The van der Waals surface area contributed by atoms with Crippen LogP contribution >= 0.6 is 22.9 Å². The van der Waals surface area contributed by atoms with Crippen molar-refractivity contribution in [2.24, 2.45) is 5.73 Å². The lowest BCUT2D eigenvalue weighted by Crippen LogP contribution is -2.16. The highest BCUT2D eigenvalue weighted by Crippen LogP contribution is 2.31. The van der Waals surface area contributed by atoms with Crippen molar-refractivity contribution in [2.45, 2.75) is 25.3 Å². The Hall–Kier alpha value is -1.08. The summed E-state index contributed by atoms with van der Waals surface area (Å²) in [7, 11) is -3.69. The molecule has 0 aliphatic rings. The maximum Gasteiger partial charge on any atom is 0.263 e. The van der Waals surface area contributed by atoms with Crippen LogP contribution in [0.15, 0.2) is 28.5 Å². The zero-order valence-electron chi connectivity index (χ0n) is 11.1. The van der Waals surface area contributed by atoms with Crippen LogP contribution in [0.3, 0.4) is 0 Å². The summed E-state index contributed by atoms with van der Waals surface area (Å²) in [5.74, 6) is 0. The van der Waals surface area contributed by atoms with Crippen LogP contribution in [0.5, 0.6) is 0 Å². The van der Waals surface area contributed by atoms with E-state index in [1.54, 1.807) is 37.4 Å². The molecule has 1 heterocycles. The molecular formula is C13H15ClN2O2S2. The first-order chi connectivity index (χ1) is 9.36. The molecular weight excluding hydrogens is 316 g/mol. The molecule has 4 nitrogen and oxygen atoms in total. The van der Waals surface area contributed by atoms with Gasteiger partial charge in [-0.15, -0.1) is 11.3 Å². The fourth-order valence-corrected chi connectivity index (χ4v) is 5.12. The van der Waals surface area contributed by atoms with E-state index in [-0.39, 0.29) is 11.4 Å². The third-order valence-electron chi connectivity index (χ3n) is 2.90. The maximum absolute atomic E-state index is 12.5. The first-order valence-electron chi connectivity index (χ1n) is 5.91. The van der Waals surface area contributed by atoms with Gasteiger partial charge in [0.05, 0.1) is 10.7 Å². The van der Waals surface area contributed by atoms with E-state index >= 15 is 0 Å². The smallest absolute Gasteiger partial charge is 0.263 e. The Morgan fingerprint density at radius 2 is 2.00 bits per heavy atom. The number of hydrogen-bond donors (Lipinski definition) is 2. The number of nitrogens with two attached hydrogens (primary N) is 1. The third-order valence-corrected chi connectivity index (χ3v) is 6.05. The summed E-state index contributed by atoms with van der Waals surface area (Å²) in [5, 5.41) is 2.16. The van der Waals surface area contributed by atoms with Gasteiger partial charge in [-0.2, -0.15) is 0 Å². The van der Waals surface area contributed by atoms with Gasteiger partial charge in [-0.3, -0.25) is 4.72 Å². The van der Waals surface area contributed by atoms with Gasteiger partial charge in [0.25, 0.3) is 10.0 Å². The molecule has 1 aromatic heterocycles. The van der Waals surface area contributed by atoms with Gasteiger partial charge in [0.15, 0.2) is 0 Å². The standard InChI is InChI=1S/C13H15ClN2O2S2/c1-8-4-3-5-10(14)12(8)16-20(17,18)13-9(2)7-19-11(13)6-15/h3-5,7,16H,6,15H2,1-2H3. The topological polar surface area (TPSA) is 72.2 Å². The first kappa shape index (κ1) is 15.3. The van der Waals surface area contributed by atoms with Gasteiger partial charge < -0.3 is 5.73 Å². The van der Waals surface area contributed by atoms with Gasteiger partial charge >= 0.3 is 0 Å². The lowest BCUT2D eigenvalue weighted by molar-refractivity contribution is 0.600. The lowest BCUT2D eigenvalue weighted by atomic mass is 10.2. The van der Waals surface area contributed by atoms with Crippen LogP contribution in [0.1, 0.15) is 16.0 Å². The van der Waals surface area contributed by atoms with Crippen LogP contribution in [0, 0.1) is 13.8 Å².